The van der Waals surface area contributed by atoms with Gasteiger partial charge < -0.3 is 39.8 Å². The Morgan fingerprint density at radius 3 is 1.93 bits per heavy atom. The molecule has 0 spiro atoms. The molecule has 42 heavy (non-hydrogen) atoms. The number of benzene rings is 2. The Bertz CT molecular complexity index is 1400. The Morgan fingerprint density at radius 1 is 0.833 bits per heavy atom. The molecule has 0 aliphatic carbocycles. The van der Waals surface area contributed by atoms with E-state index in [1.807, 2.05) is 27.7 Å². The van der Waals surface area contributed by atoms with Gasteiger partial charge in [0.2, 0.25) is 5.43 Å². The molecule has 0 unspecified atom stereocenters. The smallest absolute Gasteiger partial charge is 0.200 e. The van der Waals surface area contributed by atoms with Crippen LogP contribution in [0.5, 0.6) is 11.5 Å². The van der Waals surface area contributed by atoms with Gasteiger partial charge in [0.1, 0.15) is 53.9 Å². The van der Waals surface area contributed by atoms with Crippen molar-refractivity contribution in [2.75, 3.05) is 32.8 Å². The minimum atomic E-state index is -1.67. The highest BCUT2D eigenvalue weighted by Crippen LogP contribution is 2.41. The van der Waals surface area contributed by atoms with E-state index >= 15 is 0 Å². The van der Waals surface area contributed by atoms with Crippen LogP contribution in [0.3, 0.4) is 0 Å². The molecule has 1 saturated heterocycles. The van der Waals surface area contributed by atoms with Gasteiger partial charge in [0, 0.05) is 24.2 Å². The van der Waals surface area contributed by atoms with Gasteiger partial charge in [-0.1, -0.05) is 27.7 Å². The summed E-state index contributed by atoms with van der Waals surface area (Å²) in [5, 5.41) is 62.9. The van der Waals surface area contributed by atoms with Gasteiger partial charge in [-0.15, -0.1) is 0 Å². The first kappa shape index (κ1) is 31.9. The second-order valence-electron chi connectivity index (χ2n) is 10.7. The number of rotatable bonds is 11. The highest BCUT2D eigenvalue weighted by molar-refractivity contribution is 5.86. The lowest BCUT2D eigenvalue weighted by Gasteiger charge is -2.40. The van der Waals surface area contributed by atoms with Crippen LogP contribution in [0.1, 0.15) is 50.5 Å². The van der Waals surface area contributed by atoms with Crippen LogP contribution in [0, 0.1) is 0 Å². The molecule has 0 bridgehead atoms. The molecule has 230 valence electrons. The number of nitrogens with zero attached hydrogens (tertiary/aromatic N) is 2. The van der Waals surface area contributed by atoms with Crippen molar-refractivity contribution >= 4 is 11.0 Å². The summed E-state index contributed by atoms with van der Waals surface area (Å²) in [6, 6.07) is 6.25. The largest absolute Gasteiger partial charge is 0.507 e. The van der Waals surface area contributed by atoms with E-state index in [4.69, 9.17) is 9.15 Å². The summed E-state index contributed by atoms with van der Waals surface area (Å²) in [4.78, 5) is 18.2. The summed E-state index contributed by atoms with van der Waals surface area (Å²) in [6.45, 7) is 11.7. The van der Waals surface area contributed by atoms with E-state index < -0.39 is 42.6 Å². The zero-order valence-corrected chi connectivity index (χ0v) is 24.5. The number of phenolic OH excluding ortho intramolecular Hbond substituents is 2. The highest BCUT2D eigenvalue weighted by Gasteiger charge is 2.45. The minimum absolute atomic E-state index is 0.0569. The molecular weight excluding hydrogens is 544 g/mol. The molecule has 4 rings (SSSR count). The van der Waals surface area contributed by atoms with Crippen LogP contribution in [0.4, 0.5) is 0 Å². The lowest BCUT2D eigenvalue weighted by molar-refractivity contribution is -0.231. The van der Waals surface area contributed by atoms with Gasteiger partial charge in [-0.3, -0.25) is 14.6 Å². The summed E-state index contributed by atoms with van der Waals surface area (Å²) in [5.41, 5.74) is 1.64. The summed E-state index contributed by atoms with van der Waals surface area (Å²) >= 11 is 0. The normalized spacial score (nSPS) is 22.9. The Labute approximate surface area is 244 Å². The van der Waals surface area contributed by atoms with Gasteiger partial charge >= 0.3 is 0 Å². The van der Waals surface area contributed by atoms with Gasteiger partial charge in [-0.2, -0.15) is 0 Å². The number of ether oxygens (including phenoxy) is 1. The molecule has 5 atom stereocenters. The maximum Gasteiger partial charge on any atom is 0.200 e. The van der Waals surface area contributed by atoms with Gasteiger partial charge in [0.25, 0.3) is 0 Å². The first-order chi connectivity index (χ1) is 20.1. The van der Waals surface area contributed by atoms with Crippen LogP contribution in [0.2, 0.25) is 0 Å². The van der Waals surface area contributed by atoms with Crippen molar-refractivity contribution < 1.29 is 39.8 Å². The molecule has 11 heteroatoms. The zero-order chi connectivity index (χ0) is 30.7. The van der Waals surface area contributed by atoms with Crippen LogP contribution in [0.15, 0.2) is 39.7 Å². The maximum atomic E-state index is 13.9. The molecule has 11 nitrogen and oxygen atoms in total. The third-order valence-electron chi connectivity index (χ3n) is 8.29. The third kappa shape index (κ3) is 6.04. The van der Waals surface area contributed by atoms with Crippen molar-refractivity contribution in [3.05, 3.63) is 57.4 Å². The minimum Gasteiger partial charge on any atom is -0.507 e. The van der Waals surface area contributed by atoms with Gasteiger partial charge in [-0.05, 0) is 56.0 Å². The molecule has 1 aliphatic rings. The van der Waals surface area contributed by atoms with Crippen molar-refractivity contribution in [1.82, 2.24) is 9.80 Å². The van der Waals surface area contributed by atoms with Crippen LogP contribution >= 0.6 is 0 Å². The quantitative estimate of drug-likeness (QED) is 0.195. The van der Waals surface area contributed by atoms with E-state index in [0.717, 1.165) is 26.2 Å². The van der Waals surface area contributed by atoms with E-state index in [0.29, 0.717) is 29.8 Å². The Hall–Kier alpha value is -3.03. The molecule has 0 radical (unpaired) electrons. The number of hydrogen-bond donors (Lipinski definition) is 6. The molecular formula is C31H42N2O9. The molecule has 3 aromatic rings. The number of hydrogen-bond acceptors (Lipinski definition) is 11. The van der Waals surface area contributed by atoms with Crippen LogP contribution in [-0.2, 0) is 17.8 Å². The lowest BCUT2D eigenvalue weighted by Crippen LogP contribution is -2.55. The highest BCUT2D eigenvalue weighted by atomic mass is 16.5. The molecule has 6 N–H and O–H groups in total. The number of phenols is 2. The van der Waals surface area contributed by atoms with E-state index in [1.54, 1.807) is 12.1 Å². The van der Waals surface area contributed by atoms with Crippen molar-refractivity contribution in [2.45, 2.75) is 71.3 Å². The molecule has 1 fully saturated rings. The Kier molecular flexibility index (Phi) is 10.3. The van der Waals surface area contributed by atoms with Crippen LogP contribution in [-0.4, -0.2) is 97.6 Å². The average molecular weight is 587 g/mol. The fourth-order valence-electron chi connectivity index (χ4n) is 5.56. The fraction of sp³-hybridized carbons (Fsp3) is 0.516. The summed E-state index contributed by atoms with van der Waals surface area (Å²) in [7, 11) is 0. The van der Waals surface area contributed by atoms with E-state index in [-0.39, 0.29) is 33.6 Å². The lowest BCUT2D eigenvalue weighted by atomic mass is 9.89. The van der Waals surface area contributed by atoms with Gasteiger partial charge in [0.05, 0.1) is 23.1 Å². The zero-order valence-electron chi connectivity index (χ0n) is 24.5. The standard InChI is InChI=1S/C31H42N2O9/c1-5-32(6-2)13-18-11-17(12-19(25(18)36)14-33(7-3)8-4)21-16-41-30-20(26(21)37)9-10-22(35)24(30)31-29(40)28(39)27(38)23(15-34)42-31/h9-12,16,23,27-29,31,34-36,38-40H,5-8,13-15H2,1-4H3/t23-,27-,28+,29-,31+/m1/s1. The Balaban J connectivity index is 1.87. The topological polar surface area (TPSA) is 167 Å². The molecule has 1 aromatic heterocycles. The van der Waals surface area contributed by atoms with Gasteiger partial charge in [-0.25, -0.2) is 0 Å². The van der Waals surface area contributed by atoms with Gasteiger partial charge in [0.15, 0.2) is 0 Å². The second kappa shape index (κ2) is 13.5. The molecule has 0 saturated carbocycles. The predicted octanol–water partition coefficient (Wildman–Crippen LogP) is 2.07. The van der Waals surface area contributed by atoms with Crippen LogP contribution < -0.4 is 5.43 Å². The average Bonchev–Trinajstić information content (AvgIpc) is 2.99. The van der Waals surface area contributed by atoms with Crippen LogP contribution in [0.25, 0.3) is 22.1 Å². The van der Waals surface area contributed by atoms with E-state index in [1.165, 1.54) is 18.4 Å². The van der Waals surface area contributed by atoms with Crippen molar-refractivity contribution in [3.63, 3.8) is 0 Å². The van der Waals surface area contributed by atoms with E-state index in [9.17, 15) is 35.4 Å². The maximum absolute atomic E-state index is 13.9. The number of aliphatic hydroxyl groups excluding tert-OH is 4. The summed E-state index contributed by atoms with van der Waals surface area (Å²) in [5.74, 6) is -0.159. The van der Waals surface area contributed by atoms with Crippen molar-refractivity contribution in [3.8, 4) is 22.6 Å². The number of fused-ring (bicyclic) bond motifs is 1. The number of aliphatic hydroxyl groups is 4. The molecule has 2 aromatic carbocycles. The molecule has 2 heterocycles. The molecule has 1 aliphatic heterocycles. The predicted molar refractivity (Wildman–Crippen MR) is 157 cm³/mol. The third-order valence-corrected chi connectivity index (χ3v) is 8.29. The fourth-order valence-corrected chi connectivity index (χ4v) is 5.56. The Morgan fingerprint density at radius 2 is 1.40 bits per heavy atom. The van der Waals surface area contributed by atoms with Crippen molar-refractivity contribution in [1.29, 1.82) is 0 Å². The SMILES string of the molecule is CCN(CC)Cc1cc(-c2coc3c([C@@H]4O[C@H](CO)[C@@H](O)[C@H](O)[C@H]4O)c(O)ccc3c2=O)cc(CN(CC)CC)c1O. The number of aromatic hydroxyl groups is 2. The van der Waals surface area contributed by atoms with E-state index in [2.05, 4.69) is 9.80 Å². The summed E-state index contributed by atoms with van der Waals surface area (Å²) in [6.07, 6.45) is -6.26. The monoisotopic (exact) mass is 586 g/mol. The first-order valence-electron chi connectivity index (χ1n) is 14.5. The second-order valence-corrected chi connectivity index (χ2v) is 10.7. The first-order valence-corrected chi connectivity index (χ1v) is 14.5. The molecule has 0 amide bonds. The van der Waals surface area contributed by atoms with Crippen molar-refractivity contribution in [2.24, 2.45) is 0 Å². The summed E-state index contributed by atoms with van der Waals surface area (Å²) < 4.78 is 11.6.